The highest BCUT2D eigenvalue weighted by molar-refractivity contribution is 9.10. The molecule has 108 valence electrons. The Balaban J connectivity index is 2.01. The SMILES string of the molecule is Cc1ncc(CNc2ccc(OC(F)(F)F)c(Br)c2)s1. The van der Waals surface area contributed by atoms with Crippen LogP contribution in [0.4, 0.5) is 18.9 Å². The molecule has 0 aliphatic heterocycles. The molecule has 3 nitrogen and oxygen atoms in total. The van der Waals surface area contributed by atoms with Crippen LogP contribution in [0.15, 0.2) is 28.9 Å². The van der Waals surface area contributed by atoms with Gasteiger partial charge in [0.15, 0.2) is 0 Å². The van der Waals surface area contributed by atoms with Crippen molar-refractivity contribution in [1.29, 1.82) is 0 Å². The number of alkyl halides is 3. The number of nitrogens with zero attached hydrogens (tertiary/aromatic N) is 1. The maximum absolute atomic E-state index is 12.1. The molecule has 0 spiro atoms. The van der Waals surface area contributed by atoms with Gasteiger partial charge in [0.2, 0.25) is 0 Å². The van der Waals surface area contributed by atoms with Crippen LogP contribution in [0.3, 0.4) is 0 Å². The lowest BCUT2D eigenvalue weighted by molar-refractivity contribution is -0.274. The van der Waals surface area contributed by atoms with Crippen molar-refractivity contribution >= 4 is 33.0 Å². The van der Waals surface area contributed by atoms with E-state index in [2.05, 4.69) is 31.0 Å². The number of anilines is 1. The molecule has 0 bridgehead atoms. The number of aryl methyl sites for hydroxylation is 1. The second kappa shape index (κ2) is 6.01. The number of rotatable bonds is 4. The van der Waals surface area contributed by atoms with E-state index in [1.165, 1.54) is 18.2 Å². The Bertz CT molecular complexity index is 601. The normalized spacial score (nSPS) is 11.4. The fourth-order valence-corrected chi connectivity index (χ4v) is 2.69. The van der Waals surface area contributed by atoms with Crippen molar-refractivity contribution in [3.63, 3.8) is 0 Å². The standard InChI is InChI=1S/C12H10BrF3N2OS/c1-7-17-5-9(20-7)6-18-8-2-3-11(10(13)4-8)19-12(14,15)16/h2-5,18H,6H2,1H3. The largest absolute Gasteiger partial charge is 0.573 e. The quantitative estimate of drug-likeness (QED) is 0.849. The highest BCUT2D eigenvalue weighted by Crippen LogP contribution is 2.32. The minimum atomic E-state index is -4.70. The molecule has 0 unspecified atom stereocenters. The van der Waals surface area contributed by atoms with E-state index >= 15 is 0 Å². The summed E-state index contributed by atoms with van der Waals surface area (Å²) in [4.78, 5) is 5.18. The highest BCUT2D eigenvalue weighted by Gasteiger charge is 2.31. The van der Waals surface area contributed by atoms with Gasteiger partial charge in [0, 0.05) is 16.8 Å². The van der Waals surface area contributed by atoms with Crippen LogP contribution >= 0.6 is 27.3 Å². The van der Waals surface area contributed by atoms with Gasteiger partial charge in [-0.3, -0.25) is 0 Å². The zero-order chi connectivity index (χ0) is 14.8. The molecule has 2 rings (SSSR count). The Labute approximate surface area is 125 Å². The zero-order valence-corrected chi connectivity index (χ0v) is 12.7. The summed E-state index contributed by atoms with van der Waals surface area (Å²) in [5, 5.41) is 4.08. The molecule has 0 radical (unpaired) electrons. The minimum absolute atomic E-state index is 0.236. The van der Waals surface area contributed by atoms with Gasteiger partial charge in [-0.2, -0.15) is 0 Å². The summed E-state index contributed by atoms with van der Waals surface area (Å²) in [6, 6.07) is 4.33. The summed E-state index contributed by atoms with van der Waals surface area (Å²) in [6.45, 7) is 2.48. The Morgan fingerprint density at radius 1 is 1.40 bits per heavy atom. The van der Waals surface area contributed by atoms with E-state index in [-0.39, 0.29) is 10.2 Å². The van der Waals surface area contributed by atoms with Crippen LogP contribution in [0.25, 0.3) is 0 Å². The second-order valence-electron chi connectivity index (χ2n) is 3.89. The lowest BCUT2D eigenvalue weighted by Gasteiger charge is -2.12. The fourth-order valence-electron chi connectivity index (χ4n) is 1.49. The number of thiazole rings is 1. The van der Waals surface area contributed by atoms with E-state index in [1.807, 2.05) is 6.92 Å². The molecule has 1 heterocycles. The van der Waals surface area contributed by atoms with Crippen LogP contribution in [0.2, 0.25) is 0 Å². The molecule has 0 fully saturated rings. The smallest absolute Gasteiger partial charge is 0.405 e. The van der Waals surface area contributed by atoms with E-state index in [0.29, 0.717) is 12.2 Å². The number of aromatic nitrogens is 1. The first kappa shape index (κ1) is 15.1. The average molecular weight is 367 g/mol. The summed E-state index contributed by atoms with van der Waals surface area (Å²) in [5.74, 6) is -0.267. The van der Waals surface area contributed by atoms with Crippen molar-refractivity contribution in [2.75, 3.05) is 5.32 Å². The molecule has 0 atom stereocenters. The first-order chi connectivity index (χ1) is 9.33. The van der Waals surface area contributed by atoms with Crippen LogP contribution in [0.5, 0.6) is 5.75 Å². The number of halogens is 4. The first-order valence-electron chi connectivity index (χ1n) is 5.54. The fraction of sp³-hybridized carbons (Fsp3) is 0.250. The van der Waals surface area contributed by atoms with Crippen LogP contribution < -0.4 is 10.1 Å². The van der Waals surface area contributed by atoms with E-state index in [0.717, 1.165) is 9.88 Å². The topological polar surface area (TPSA) is 34.2 Å². The van der Waals surface area contributed by atoms with Crippen LogP contribution in [0, 0.1) is 6.92 Å². The van der Waals surface area contributed by atoms with Gasteiger partial charge < -0.3 is 10.1 Å². The molecular weight excluding hydrogens is 357 g/mol. The van der Waals surface area contributed by atoms with Crippen LogP contribution in [-0.4, -0.2) is 11.3 Å². The van der Waals surface area contributed by atoms with Crippen molar-refractivity contribution < 1.29 is 17.9 Å². The number of hydrogen-bond donors (Lipinski definition) is 1. The Morgan fingerprint density at radius 2 is 2.15 bits per heavy atom. The molecular formula is C12H10BrF3N2OS. The minimum Gasteiger partial charge on any atom is -0.405 e. The van der Waals surface area contributed by atoms with Gasteiger partial charge in [0.05, 0.1) is 16.0 Å². The van der Waals surface area contributed by atoms with Crippen molar-refractivity contribution in [1.82, 2.24) is 4.98 Å². The average Bonchev–Trinajstić information content (AvgIpc) is 2.74. The van der Waals surface area contributed by atoms with E-state index in [4.69, 9.17) is 0 Å². The summed E-state index contributed by atoms with van der Waals surface area (Å²) in [5.41, 5.74) is 0.692. The van der Waals surface area contributed by atoms with E-state index in [9.17, 15) is 13.2 Å². The molecule has 1 N–H and O–H groups in total. The molecule has 0 saturated carbocycles. The third kappa shape index (κ3) is 4.38. The number of nitrogens with one attached hydrogen (secondary N) is 1. The number of benzene rings is 1. The van der Waals surface area contributed by atoms with Crippen molar-refractivity contribution in [2.45, 2.75) is 19.8 Å². The first-order valence-corrected chi connectivity index (χ1v) is 7.15. The Hall–Kier alpha value is -1.28. The summed E-state index contributed by atoms with van der Waals surface area (Å²) in [7, 11) is 0. The van der Waals surface area contributed by atoms with Crippen molar-refractivity contribution in [3.8, 4) is 5.75 Å². The highest BCUT2D eigenvalue weighted by atomic mass is 79.9. The summed E-state index contributed by atoms with van der Waals surface area (Å²) >= 11 is 4.62. The maximum atomic E-state index is 12.1. The molecule has 1 aromatic carbocycles. The molecule has 0 saturated heterocycles. The van der Waals surface area contributed by atoms with E-state index < -0.39 is 6.36 Å². The molecule has 20 heavy (non-hydrogen) atoms. The number of hydrogen-bond acceptors (Lipinski definition) is 4. The molecule has 1 aromatic heterocycles. The second-order valence-corrected chi connectivity index (χ2v) is 6.07. The van der Waals surface area contributed by atoms with Gasteiger partial charge in [0.25, 0.3) is 0 Å². The van der Waals surface area contributed by atoms with Gasteiger partial charge in [0.1, 0.15) is 5.75 Å². The van der Waals surface area contributed by atoms with Crippen molar-refractivity contribution in [2.24, 2.45) is 0 Å². The predicted octanol–water partition coefficient (Wildman–Crippen LogP) is 4.72. The summed E-state index contributed by atoms with van der Waals surface area (Å²) < 4.78 is 40.5. The monoisotopic (exact) mass is 366 g/mol. The molecule has 0 aliphatic rings. The molecule has 8 heteroatoms. The maximum Gasteiger partial charge on any atom is 0.573 e. The van der Waals surface area contributed by atoms with Gasteiger partial charge in [-0.15, -0.1) is 24.5 Å². The number of ether oxygens (including phenoxy) is 1. The third-order valence-electron chi connectivity index (χ3n) is 2.29. The van der Waals surface area contributed by atoms with Gasteiger partial charge >= 0.3 is 6.36 Å². The van der Waals surface area contributed by atoms with Crippen LogP contribution in [0.1, 0.15) is 9.88 Å². The Morgan fingerprint density at radius 3 is 2.70 bits per heavy atom. The molecule has 0 amide bonds. The van der Waals surface area contributed by atoms with Gasteiger partial charge in [-0.25, -0.2) is 4.98 Å². The third-order valence-corrected chi connectivity index (χ3v) is 3.83. The molecule has 0 aliphatic carbocycles. The lowest BCUT2D eigenvalue weighted by Crippen LogP contribution is -2.17. The lowest BCUT2D eigenvalue weighted by atomic mass is 10.3. The summed E-state index contributed by atoms with van der Waals surface area (Å²) in [6.07, 6.45) is -2.93. The molecule has 2 aromatic rings. The van der Waals surface area contributed by atoms with Crippen LogP contribution in [-0.2, 0) is 6.54 Å². The van der Waals surface area contributed by atoms with Gasteiger partial charge in [-0.05, 0) is 41.1 Å². The van der Waals surface area contributed by atoms with Crippen molar-refractivity contribution in [3.05, 3.63) is 38.8 Å². The van der Waals surface area contributed by atoms with Gasteiger partial charge in [-0.1, -0.05) is 0 Å². The van der Waals surface area contributed by atoms with E-state index in [1.54, 1.807) is 17.5 Å². The predicted molar refractivity (Wildman–Crippen MR) is 75.0 cm³/mol. The Kier molecular flexibility index (Phi) is 4.54. The zero-order valence-electron chi connectivity index (χ0n) is 10.3.